The van der Waals surface area contributed by atoms with Gasteiger partial charge in [0.25, 0.3) is 0 Å². The highest BCUT2D eigenvalue weighted by molar-refractivity contribution is 4.89. The van der Waals surface area contributed by atoms with Crippen LogP contribution in [0.4, 0.5) is 0 Å². The molecule has 6 nitrogen and oxygen atoms in total. The Balaban J connectivity index is 2.18. The molecule has 0 radical (unpaired) electrons. The van der Waals surface area contributed by atoms with Crippen molar-refractivity contribution in [3.63, 3.8) is 0 Å². The first-order valence-electron chi connectivity index (χ1n) is 9.47. The summed E-state index contributed by atoms with van der Waals surface area (Å²) in [7, 11) is 0. The third kappa shape index (κ3) is 7.33. The summed E-state index contributed by atoms with van der Waals surface area (Å²) in [4.78, 5) is 0. The van der Waals surface area contributed by atoms with Gasteiger partial charge in [0.05, 0.1) is 12.7 Å². The Labute approximate surface area is 145 Å². The lowest BCUT2D eigenvalue weighted by Crippen LogP contribution is -2.59. The van der Waals surface area contributed by atoms with Crippen molar-refractivity contribution >= 4 is 0 Å². The average Bonchev–Trinajstić information content (AvgIpc) is 2.57. The molecule has 1 saturated heterocycles. The van der Waals surface area contributed by atoms with Crippen molar-refractivity contribution in [3.8, 4) is 0 Å². The number of hydrogen-bond acceptors (Lipinski definition) is 6. The van der Waals surface area contributed by atoms with Crippen LogP contribution in [0.15, 0.2) is 0 Å². The number of hydrogen-bond donors (Lipinski definition) is 4. The van der Waals surface area contributed by atoms with Crippen LogP contribution in [0, 0.1) is 0 Å². The fourth-order valence-corrected chi connectivity index (χ4v) is 3.04. The fourth-order valence-electron chi connectivity index (χ4n) is 3.04. The van der Waals surface area contributed by atoms with Gasteiger partial charge in [0.15, 0.2) is 6.29 Å². The van der Waals surface area contributed by atoms with Gasteiger partial charge in [0.1, 0.15) is 24.4 Å². The molecule has 6 heteroatoms. The number of rotatable bonds is 12. The first-order chi connectivity index (χ1) is 11.5. The normalized spacial score (nSPS) is 32.0. The molecule has 0 aromatic carbocycles. The van der Waals surface area contributed by atoms with Crippen LogP contribution in [0.1, 0.15) is 71.6 Å². The van der Waals surface area contributed by atoms with Crippen molar-refractivity contribution in [2.75, 3.05) is 6.61 Å². The van der Waals surface area contributed by atoms with Crippen molar-refractivity contribution < 1.29 is 29.9 Å². The third-order valence-corrected chi connectivity index (χ3v) is 4.68. The minimum Gasteiger partial charge on any atom is -0.394 e. The smallest absolute Gasteiger partial charge is 0.186 e. The van der Waals surface area contributed by atoms with Crippen molar-refractivity contribution in [2.24, 2.45) is 0 Å². The lowest BCUT2D eigenvalue weighted by atomic mass is 9.99. The quantitative estimate of drug-likeness (QED) is 0.401. The molecule has 0 saturated carbocycles. The topological polar surface area (TPSA) is 99.4 Å². The molecule has 1 fully saturated rings. The van der Waals surface area contributed by atoms with Gasteiger partial charge in [-0.05, 0) is 13.3 Å². The molecule has 1 aliphatic heterocycles. The van der Waals surface area contributed by atoms with Gasteiger partial charge in [-0.15, -0.1) is 0 Å². The summed E-state index contributed by atoms with van der Waals surface area (Å²) in [5.41, 5.74) is 0. The average molecular weight is 348 g/mol. The molecule has 1 heterocycles. The van der Waals surface area contributed by atoms with Crippen LogP contribution in [-0.2, 0) is 9.47 Å². The van der Waals surface area contributed by atoms with Crippen LogP contribution in [0.25, 0.3) is 0 Å². The second-order valence-corrected chi connectivity index (χ2v) is 6.91. The molecule has 1 aliphatic rings. The summed E-state index contributed by atoms with van der Waals surface area (Å²) in [5.74, 6) is 0. The Morgan fingerprint density at radius 1 is 0.875 bits per heavy atom. The number of ether oxygens (including phenoxy) is 2. The Kier molecular flexibility index (Phi) is 11.1. The Bertz CT molecular complexity index is 312. The lowest BCUT2D eigenvalue weighted by Gasteiger charge is -2.40. The summed E-state index contributed by atoms with van der Waals surface area (Å²) in [6.07, 6.45) is 4.71. The predicted octanol–water partition coefficient (Wildman–Crippen LogP) is 1.72. The van der Waals surface area contributed by atoms with E-state index in [2.05, 4.69) is 6.92 Å². The summed E-state index contributed by atoms with van der Waals surface area (Å²) in [6.45, 7) is 3.69. The van der Waals surface area contributed by atoms with Gasteiger partial charge in [-0.3, -0.25) is 0 Å². The van der Waals surface area contributed by atoms with Crippen LogP contribution >= 0.6 is 0 Å². The molecule has 1 rings (SSSR count). The third-order valence-electron chi connectivity index (χ3n) is 4.68. The number of aliphatic hydroxyl groups excluding tert-OH is 4. The Hall–Kier alpha value is -0.240. The molecule has 4 N–H and O–H groups in total. The molecule has 0 aliphatic carbocycles. The molecule has 6 atom stereocenters. The van der Waals surface area contributed by atoms with E-state index in [0.29, 0.717) is 0 Å². The Morgan fingerprint density at radius 3 is 2.04 bits per heavy atom. The fraction of sp³-hybridized carbons (Fsp3) is 1.00. The summed E-state index contributed by atoms with van der Waals surface area (Å²) in [5, 5.41) is 38.6. The van der Waals surface area contributed by atoms with E-state index < -0.39 is 37.3 Å². The highest BCUT2D eigenvalue weighted by Crippen LogP contribution is 2.24. The number of aliphatic hydroxyl groups is 4. The van der Waals surface area contributed by atoms with Gasteiger partial charge in [-0.25, -0.2) is 0 Å². The van der Waals surface area contributed by atoms with Crippen molar-refractivity contribution in [2.45, 2.75) is 108 Å². The van der Waals surface area contributed by atoms with Gasteiger partial charge in [0, 0.05) is 0 Å². The predicted molar refractivity (Wildman–Crippen MR) is 91.5 cm³/mol. The summed E-state index contributed by atoms with van der Waals surface area (Å²) in [6, 6.07) is 0. The second-order valence-electron chi connectivity index (χ2n) is 6.91. The molecule has 144 valence electrons. The molecule has 0 aromatic heterocycles. The standard InChI is InChI=1S/C18H36O6/c1-3-4-5-6-7-8-9-10-11-13(2)23-18-17(22)16(21)15(20)14(12-19)24-18/h13-22H,3-12H2,1-2H3/t13?,14-,15-,16+,17-,18?/m1/s1. The highest BCUT2D eigenvalue weighted by atomic mass is 16.7. The zero-order valence-electron chi connectivity index (χ0n) is 15.1. The van der Waals surface area contributed by atoms with E-state index in [1.54, 1.807) is 0 Å². The van der Waals surface area contributed by atoms with Crippen LogP contribution < -0.4 is 0 Å². The first kappa shape index (κ1) is 21.8. The first-order valence-corrected chi connectivity index (χ1v) is 9.47. The van der Waals surface area contributed by atoms with Crippen LogP contribution in [0.3, 0.4) is 0 Å². The van der Waals surface area contributed by atoms with E-state index in [1.807, 2.05) is 6.92 Å². The van der Waals surface area contributed by atoms with E-state index in [1.165, 1.54) is 38.5 Å². The highest BCUT2D eigenvalue weighted by Gasteiger charge is 2.44. The van der Waals surface area contributed by atoms with Crippen molar-refractivity contribution in [1.29, 1.82) is 0 Å². The van der Waals surface area contributed by atoms with E-state index in [4.69, 9.17) is 14.6 Å². The summed E-state index contributed by atoms with van der Waals surface area (Å²) < 4.78 is 11.0. The SMILES string of the molecule is CCCCCCCCCCC(C)OC1O[C@H](CO)[C@@H](O)[C@H](O)[C@H]1O. The minimum absolute atomic E-state index is 0.119. The maximum Gasteiger partial charge on any atom is 0.186 e. The van der Waals surface area contributed by atoms with Crippen molar-refractivity contribution in [3.05, 3.63) is 0 Å². The molecule has 0 aromatic rings. The van der Waals surface area contributed by atoms with E-state index >= 15 is 0 Å². The number of unbranched alkanes of at least 4 members (excludes halogenated alkanes) is 7. The molecule has 0 spiro atoms. The minimum atomic E-state index is -1.38. The monoisotopic (exact) mass is 348 g/mol. The van der Waals surface area contributed by atoms with Gasteiger partial charge in [0.2, 0.25) is 0 Å². The van der Waals surface area contributed by atoms with Crippen molar-refractivity contribution in [1.82, 2.24) is 0 Å². The van der Waals surface area contributed by atoms with E-state index in [0.717, 1.165) is 19.3 Å². The largest absolute Gasteiger partial charge is 0.394 e. The van der Waals surface area contributed by atoms with Crippen LogP contribution in [0.2, 0.25) is 0 Å². The molecule has 0 amide bonds. The maximum absolute atomic E-state index is 9.94. The Morgan fingerprint density at radius 2 is 1.46 bits per heavy atom. The zero-order chi connectivity index (χ0) is 17.9. The molecule has 0 bridgehead atoms. The van der Waals surface area contributed by atoms with E-state index in [-0.39, 0.29) is 6.10 Å². The summed E-state index contributed by atoms with van der Waals surface area (Å²) >= 11 is 0. The molecule has 24 heavy (non-hydrogen) atoms. The van der Waals surface area contributed by atoms with Gasteiger partial charge >= 0.3 is 0 Å². The second kappa shape index (κ2) is 12.2. The van der Waals surface area contributed by atoms with Gasteiger partial charge in [-0.2, -0.15) is 0 Å². The van der Waals surface area contributed by atoms with Gasteiger partial charge < -0.3 is 29.9 Å². The van der Waals surface area contributed by atoms with Gasteiger partial charge in [-0.1, -0.05) is 58.3 Å². The molecule has 2 unspecified atom stereocenters. The van der Waals surface area contributed by atoms with E-state index in [9.17, 15) is 15.3 Å². The zero-order valence-corrected chi connectivity index (χ0v) is 15.1. The maximum atomic E-state index is 9.94. The molecular weight excluding hydrogens is 312 g/mol. The van der Waals surface area contributed by atoms with Crippen LogP contribution in [-0.4, -0.2) is 63.8 Å². The lowest BCUT2D eigenvalue weighted by molar-refractivity contribution is -0.310. The van der Waals surface area contributed by atoms with Crippen LogP contribution in [0.5, 0.6) is 0 Å². The molecular formula is C18H36O6.